The summed E-state index contributed by atoms with van der Waals surface area (Å²) in [4.78, 5) is 15.0. The molecule has 0 radical (unpaired) electrons. The third kappa shape index (κ3) is 6.13. The van der Waals surface area contributed by atoms with Crippen molar-refractivity contribution in [2.24, 2.45) is 0 Å². The second-order valence-electron chi connectivity index (χ2n) is 8.71. The molecular formula is C27H32N4O3S. The van der Waals surface area contributed by atoms with Gasteiger partial charge in [-0.1, -0.05) is 66.4 Å². The van der Waals surface area contributed by atoms with Crippen LogP contribution >= 0.6 is 11.8 Å². The zero-order valence-electron chi connectivity index (χ0n) is 20.5. The molecule has 184 valence electrons. The first-order chi connectivity index (χ1) is 17.0. The molecule has 8 heteroatoms. The summed E-state index contributed by atoms with van der Waals surface area (Å²) in [7, 11) is 0. The molecular weight excluding hydrogens is 460 g/mol. The van der Waals surface area contributed by atoms with Crippen LogP contribution in [0.4, 0.5) is 0 Å². The number of thioether (sulfide) groups is 1. The maximum absolute atomic E-state index is 13.1. The number of nitrogens with zero attached hydrogens (tertiary/aromatic N) is 4. The molecule has 1 saturated heterocycles. The van der Waals surface area contributed by atoms with Crippen molar-refractivity contribution < 1.29 is 14.3 Å². The predicted molar refractivity (Wildman–Crippen MR) is 138 cm³/mol. The topological polar surface area (TPSA) is 69.5 Å². The van der Waals surface area contributed by atoms with Gasteiger partial charge >= 0.3 is 0 Å². The summed E-state index contributed by atoms with van der Waals surface area (Å²) in [6.45, 7) is 11.8. The minimum atomic E-state index is -0.298. The molecule has 3 aromatic rings. The number of amides is 1. The van der Waals surface area contributed by atoms with Crippen molar-refractivity contribution in [1.82, 2.24) is 19.7 Å². The molecule has 1 amide bonds. The average molecular weight is 493 g/mol. The zero-order chi connectivity index (χ0) is 24.8. The predicted octanol–water partition coefficient (Wildman–Crippen LogP) is 4.83. The van der Waals surface area contributed by atoms with Crippen LogP contribution in [0.3, 0.4) is 0 Å². The average Bonchev–Trinajstić information content (AvgIpc) is 3.23. The minimum absolute atomic E-state index is 0.0341. The first-order valence-corrected chi connectivity index (χ1v) is 12.7. The number of benzene rings is 2. The van der Waals surface area contributed by atoms with Crippen molar-refractivity contribution in [3.63, 3.8) is 0 Å². The Hall–Kier alpha value is -3.10. The van der Waals surface area contributed by atoms with E-state index in [9.17, 15) is 4.79 Å². The molecule has 1 aliphatic heterocycles. The summed E-state index contributed by atoms with van der Waals surface area (Å²) in [6.07, 6.45) is 1.87. The fraction of sp³-hybridized carbons (Fsp3) is 0.370. The van der Waals surface area contributed by atoms with Crippen LogP contribution in [-0.2, 0) is 22.7 Å². The van der Waals surface area contributed by atoms with Crippen molar-refractivity contribution in [2.45, 2.75) is 56.5 Å². The number of hydrogen-bond acceptors (Lipinski definition) is 6. The van der Waals surface area contributed by atoms with E-state index >= 15 is 0 Å². The van der Waals surface area contributed by atoms with E-state index in [1.807, 2.05) is 72.7 Å². The van der Waals surface area contributed by atoms with Crippen LogP contribution in [-0.4, -0.2) is 56.1 Å². The molecule has 2 aromatic carbocycles. The Bertz CT molecular complexity index is 1140. The van der Waals surface area contributed by atoms with Gasteiger partial charge in [0.2, 0.25) is 5.91 Å². The highest BCUT2D eigenvalue weighted by atomic mass is 32.2. The number of carbonyl (C=O) groups is 1. The second kappa shape index (κ2) is 11.6. The minimum Gasteiger partial charge on any atom is -0.485 e. The summed E-state index contributed by atoms with van der Waals surface area (Å²) in [5.74, 6) is 1.54. The van der Waals surface area contributed by atoms with Gasteiger partial charge in [0.15, 0.2) is 11.0 Å². The summed E-state index contributed by atoms with van der Waals surface area (Å²) >= 11 is 1.41. The van der Waals surface area contributed by atoms with Gasteiger partial charge in [-0.15, -0.1) is 16.8 Å². The Morgan fingerprint density at radius 2 is 1.83 bits per heavy atom. The molecule has 0 spiro atoms. The fourth-order valence-corrected chi connectivity index (χ4v) is 5.20. The fourth-order valence-electron chi connectivity index (χ4n) is 4.24. The van der Waals surface area contributed by atoms with Crippen molar-refractivity contribution in [1.29, 1.82) is 0 Å². The van der Waals surface area contributed by atoms with Crippen LogP contribution in [0.2, 0.25) is 0 Å². The Morgan fingerprint density at radius 3 is 2.54 bits per heavy atom. The molecule has 35 heavy (non-hydrogen) atoms. The van der Waals surface area contributed by atoms with E-state index in [0.717, 1.165) is 16.9 Å². The highest BCUT2D eigenvalue weighted by molar-refractivity contribution is 8.00. The van der Waals surface area contributed by atoms with Gasteiger partial charge in [0.05, 0.1) is 17.5 Å². The standard InChI is InChI=1S/C27H32N4O3S/c1-5-15-31-25(18-33-24-14-10-9-13-23(24)22-11-7-6-8-12-22)28-29-27(31)35-21(4)26(32)30-16-19(2)34-20(3)17-30/h5-14,19-21H,1,15-18H2,2-4H3/t19-,20-,21+/m0/s1. The largest absolute Gasteiger partial charge is 0.485 e. The lowest BCUT2D eigenvalue weighted by Gasteiger charge is -2.36. The highest BCUT2D eigenvalue weighted by Crippen LogP contribution is 2.31. The highest BCUT2D eigenvalue weighted by Gasteiger charge is 2.30. The SMILES string of the molecule is C=CCn1c(COc2ccccc2-c2ccccc2)nnc1S[C@H](C)C(=O)N1C[C@H](C)O[C@@H](C)C1. The molecule has 1 aliphatic rings. The molecule has 0 aliphatic carbocycles. The van der Waals surface area contributed by atoms with Crippen molar-refractivity contribution in [3.8, 4) is 16.9 Å². The Balaban J connectivity index is 1.47. The molecule has 0 saturated carbocycles. The third-order valence-electron chi connectivity index (χ3n) is 5.79. The molecule has 0 bridgehead atoms. The molecule has 0 N–H and O–H groups in total. The van der Waals surface area contributed by atoms with Gasteiger partial charge in [0.25, 0.3) is 0 Å². The van der Waals surface area contributed by atoms with E-state index in [0.29, 0.717) is 30.6 Å². The molecule has 3 atom stereocenters. The monoisotopic (exact) mass is 492 g/mol. The number of hydrogen-bond donors (Lipinski definition) is 0. The number of morpholine rings is 1. The van der Waals surface area contributed by atoms with E-state index in [-0.39, 0.29) is 30.0 Å². The first kappa shape index (κ1) is 25.0. The number of ether oxygens (including phenoxy) is 2. The van der Waals surface area contributed by atoms with Crippen molar-refractivity contribution in [2.75, 3.05) is 13.1 Å². The zero-order valence-corrected chi connectivity index (χ0v) is 21.3. The van der Waals surface area contributed by atoms with E-state index in [1.165, 1.54) is 11.8 Å². The summed E-state index contributed by atoms with van der Waals surface area (Å²) in [6, 6.07) is 18.1. The van der Waals surface area contributed by atoms with E-state index in [1.54, 1.807) is 6.08 Å². The number of aromatic nitrogens is 3. The lowest BCUT2D eigenvalue weighted by Crippen LogP contribution is -2.50. The third-order valence-corrected chi connectivity index (χ3v) is 6.86. The lowest BCUT2D eigenvalue weighted by atomic mass is 10.1. The first-order valence-electron chi connectivity index (χ1n) is 11.9. The van der Waals surface area contributed by atoms with Gasteiger partial charge in [0.1, 0.15) is 12.4 Å². The van der Waals surface area contributed by atoms with Crippen LogP contribution in [0.1, 0.15) is 26.6 Å². The summed E-state index contributed by atoms with van der Waals surface area (Å²) < 4.78 is 13.9. The molecule has 7 nitrogen and oxygen atoms in total. The van der Waals surface area contributed by atoms with Crippen LogP contribution in [0.25, 0.3) is 11.1 Å². The van der Waals surface area contributed by atoms with Gasteiger partial charge in [-0.3, -0.25) is 9.36 Å². The van der Waals surface area contributed by atoms with Crippen LogP contribution in [0.15, 0.2) is 72.4 Å². The lowest BCUT2D eigenvalue weighted by molar-refractivity contribution is -0.142. The normalized spacial score (nSPS) is 18.8. The number of rotatable bonds is 9. The van der Waals surface area contributed by atoms with Gasteiger partial charge in [-0.2, -0.15) is 0 Å². The van der Waals surface area contributed by atoms with Gasteiger partial charge in [-0.05, 0) is 32.4 Å². The maximum atomic E-state index is 13.1. The quantitative estimate of drug-likeness (QED) is 0.315. The molecule has 1 aromatic heterocycles. The number of carbonyl (C=O) groups excluding carboxylic acids is 1. The second-order valence-corrected chi connectivity index (χ2v) is 10.0. The number of allylic oxidation sites excluding steroid dienone is 1. The van der Waals surface area contributed by atoms with E-state index in [2.05, 4.69) is 28.9 Å². The van der Waals surface area contributed by atoms with Crippen molar-refractivity contribution >= 4 is 17.7 Å². The Labute approximate surface area is 211 Å². The maximum Gasteiger partial charge on any atom is 0.236 e. The van der Waals surface area contributed by atoms with Gasteiger partial charge < -0.3 is 14.4 Å². The van der Waals surface area contributed by atoms with E-state index < -0.39 is 0 Å². The molecule has 1 fully saturated rings. The Morgan fingerprint density at radius 1 is 1.14 bits per heavy atom. The smallest absolute Gasteiger partial charge is 0.236 e. The molecule has 0 unspecified atom stereocenters. The molecule has 4 rings (SSSR count). The number of para-hydroxylation sites is 1. The van der Waals surface area contributed by atoms with Gasteiger partial charge in [-0.25, -0.2) is 0 Å². The summed E-state index contributed by atoms with van der Waals surface area (Å²) in [5, 5.41) is 9.13. The van der Waals surface area contributed by atoms with Crippen LogP contribution < -0.4 is 4.74 Å². The van der Waals surface area contributed by atoms with E-state index in [4.69, 9.17) is 9.47 Å². The molecule has 2 heterocycles. The Kier molecular flexibility index (Phi) is 8.25. The van der Waals surface area contributed by atoms with Crippen LogP contribution in [0.5, 0.6) is 5.75 Å². The van der Waals surface area contributed by atoms with Crippen LogP contribution in [0, 0.1) is 0 Å². The summed E-state index contributed by atoms with van der Waals surface area (Å²) in [5.41, 5.74) is 2.11. The van der Waals surface area contributed by atoms with Gasteiger partial charge in [0, 0.05) is 25.2 Å². The van der Waals surface area contributed by atoms with Crippen molar-refractivity contribution in [3.05, 3.63) is 73.1 Å².